The molecular formula is C13H16ClN3O3. The Balaban J connectivity index is 1.96. The van der Waals surface area contributed by atoms with Crippen molar-refractivity contribution in [2.75, 3.05) is 13.1 Å². The lowest BCUT2D eigenvalue weighted by Gasteiger charge is -2.10. The zero-order valence-corrected chi connectivity index (χ0v) is 11.7. The highest BCUT2D eigenvalue weighted by Crippen LogP contribution is 2.23. The van der Waals surface area contributed by atoms with Crippen LogP contribution < -0.4 is 10.6 Å². The molecule has 1 atom stereocenters. The van der Waals surface area contributed by atoms with E-state index in [0.29, 0.717) is 12.6 Å². The number of nitrogens with zero attached hydrogens (tertiary/aromatic N) is 1. The minimum Gasteiger partial charge on any atom is -0.352 e. The van der Waals surface area contributed by atoms with Crippen LogP contribution in [0.2, 0.25) is 5.02 Å². The molecule has 0 saturated carbocycles. The number of halogens is 1. The molecule has 1 aromatic carbocycles. The Kier molecular flexibility index (Phi) is 4.92. The number of nitro benzene ring substituents is 1. The molecule has 7 heteroatoms. The Labute approximate surface area is 121 Å². The van der Waals surface area contributed by atoms with E-state index in [9.17, 15) is 14.9 Å². The summed E-state index contributed by atoms with van der Waals surface area (Å²) in [6.07, 6.45) is 3.09. The molecule has 20 heavy (non-hydrogen) atoms. The summed E-state index contributed by atoms with van der Waals surface area (Å²) in [5.74, 6) is -0.439. The first-order valence-electron chi connectivity index (χ1n) is 6.53. The molecule has 2 N–H and O–H groups in total. The first-order chi connectivity index (χ1) is 9.58. The molecule has 1 saturated heterocycles. The van der Waals surface area contributed by atoms with Crippen molar-refractivity contribution in [2.24, 2.45) is 0 Å². The van der Waals surface area contributed by atoms with Crippen molar-refractivity contribution in [3.05, 3.63) is 38.9 Å². The predicted octanol–water partition coefficient (Wildman–Crippen LogP) is 2.12. The van der Waals surface area contributed by atoms with Crippen LogP contribution in [-0.2, 0) is 0 Å². The van der Waals surface area contributed by atoms with Gasteiger partial charge in [0.1, 0.15) is 5.56 Å². The maximum Gasteiger partial charge on any atom is 0.283 e. The van der Waals surface area contributed by atoms with Crippen molar-refractivity contribution in [1.82, 2.24) is 10.6 Å². The third-order valence-electron chi connectivity index (χ3n) is 3.34. The number of hydrogen-bond acceptors (Lipinski definition) is 4. The van der Waals surface area contributed by atoms with Crippen molar-refractivity contribution in [1.29, 1.82) is 0 Å². The van der Waals surface area contributed by atoms with Gasteiger partial charge in [-0.2, -0.15) is 0 Å². The van der Waals surface area contributed by atoms with E-state index in [2.05, 4.69) is 10.6 Å². The second-order valence-corrected chi connectivity index (χ2v) is 5.19. The molecular weight excluding hydrogens is 282 g/mol. The van der Waals surface area contributed by atoms with Gasteiger partial charge in [-0.25, -0.2) is 0 Å². The van der Waals surface area contributed by atoms with E-state index in [4.69, 9.17) is 11.6 Å². The molecule has 0 radical (unpaired) electrons. The van der Waals surface area contributed by atoms with E-state index in [0.717, 1.165) is 25.8 Å². The highest BCUT2D eigenvalue weighted by atomic mass is 35.5. The van der Waals surface area contributed by atoms with Crippen LogP contribution >= 0.6 is 11.6 Å². The van der Waals surface area contributed by atoms with Crippen molar-refractivity contribution in [3.63, 3.8) is 0 Å². The van der Waals surface area contributed by atoms with Crippen molar-refractivity contribution >= 4 is 23.2 Å². The van der Waals surface area contributed by atoms with Gasteiger partial charge < -0.3 is 10.6 Å². The third kappa shape index (κ3) is 3.68. The number of nitro groups is 1. The van der Waals surface area contributed by atoms with Gasteiger partial charge >= 0.3 is 0 Å². The molecule has 0 aromatic heterocycles. The Morgan fingerprint density at radius 1 is 1.55 bits per heavy atom. The average Bonchev–Trinajstić information content (AvgIpc) is 2.91. The van der Waals surface area contributed by atoms with E-state index in [1.54, 1.807) is 0 Å². The molecule has 0 spiro atoms. The van der Waals surface area contributed by atoms with Gasteiger partial charge in [0.15, 0.2) is 0 Å². The fourth-order valence-electron chi connectivity index (χ4n) is 2.31. The van der Waals surface area contributed by atoms with Crippen molar-refractivity contribution < 1.29 is 9.72 Å². The lowest BCUT2D eigenvalue weighted by atomic mass is 10.1. The van der Waals surface area contributed by atoms with Crippen LogP contribution in [0.15, 0.2) is 18.2 Å². The lowest BCUT2D eigenvalue weighted by molar-refractivity contribution is -0.385. The van der Waals surface area contributed by atoms with Crippen LogP contribution in [0.3, 0.4) is 0 Å². The normalized spacial score (nSPS) is 17.9. The molecule has 1 fully saturated rings. The van der Waals surface area contributed by atoms with Gasteiger partial charge in [0.25, 0.3) is 11.6 Å². The summed E-state index contributed by atoms with van der Waals surface area (Å²) >= 11 is 5.71. The van der Waals surface area contributed by atoms with Crippen molar-refractivity contribution in [2.45, 2.75) is 25.3 Å². The zero-order chi connectivity index (χ0) is 14.5. The van der Waals surface area contributed by atoms with Gasteiger partial charge in [-0.1, -0.05) is 11.6 Å². The van der Waals surface area contributed by atoms with Crippen LogP contribution in [0.25, 0.3) is 0 Å². The molecule has 1 aromatic rings. The maximum atomic E-state index is 12.0. The number of hydrogen-bond donors (Lipinski definition) is 2. The quantitative estimate of drug-likeness (QED) is 0.644. The summed E-state index contributed by atoms with van der Waals surface area (Å²) in [7, 11) is 0. The average molecular weight is 298 g/mol. The first-order valence-corrected chi connectivity index (χ1v) is 6.91. The molecule has 2 rings (SSSR count). The topological polar surface area (TPSA) is 84.3 Å². The second-order valence-electron chi connectivity index (χ2n) is 4.76. The minimum atomic E-state index is -0.598. The van der Waals surface area contributed by atoms with Crippen molar-refractivity contribution in [3.8, 4) is 0 Å². The van der Waals surface area contributed by atoms with Gasteiger partial charge in [-0.05, 0) is 37.9 Å². The summed E-state index contributed by atoms with van der Waals surface area (Å²) in [5.41, 5.74) is -0.229. The Bertz CT molecular complexity index is 516. The first kappa shape index (κ1) is 14.7. The summed E-state index contributed by atoms with van der Waals surface area (Å²) in [5, 5.41) is 17.2. The standard InChI is InChI=1S/C13H16ClN3O3/c14-9-3-4-11(12(8-9)17(19)20)13(18)16-7-5-10-2-1-6-15-10/h3-4,8,10,15H,1-2,5-7H2,(H,16,18)/t10-/m1/s1. The van der Waals surface area contributed by atoms with Crippen LogP contribution in [0.4, 0.5) is 5.69 Å². The summed E-state index contributed by atoms with van der Waals surface area (Å²) in [6.45, 7) is 1.51. The fraction of sp³-hybridized carbons (Fsp3) is 0.462. The molecule has 1 amide bonds. The van der Waals surface area contributed by atoms with Crippen LogP contribution in [0.1, 0.15) is 29.6 Å². The van der Waals surface area contributed by atoms with E-state index in [1.165, 1.54) is 18.2 Å². The van der Waals surface area contributed by atoms with Gasteiger partial charge in [-0.15, -0.1) is 0 Å². The van der Waals surface area contributed by atoms with Gasteiger partial charge in [-0.3, -0.25) is 14.9 Å². The molecule has 108 valence electrons. The number of nitrogens with one attached hydrogen (secondary N) is 2. The molecule has 0 aliphatic carbocycles. The minimum absolute atomic E-state index is 0.0405. The number of benzene rings is 1. The maximum absolute atomic E-state index is 12.0. The van der Waals surface area contributed by atoms with Gasteiger partial charge in [0, 0.05) is 23.7 Å². The van der Waals surface area contributed by atoms with Gasteiger partial charge in [0.05, 0.1) is 4.92 Å². The second kappa shape index (κ2) is 6.67. The molecule has 1 aliphatic rings. The molecule has 6 nitrogen and oxygen atoms in total. The number of carbonyl (C=O) groups excluding carboxylic acids is 1. The predicted molar refractivity (Wildman–Crippen MR) is 76.1 cm³/mol. The Hall–Kier alpha value is -1.66. The smallest absolute Gasteiger partial charge is 0.283 e. The summed E-state index contributed by atoms with van der Waals surface area (Å²) in [6, 6.07) is 4.47. The highest BCUT2D eigenvalue weighted by Gasteiger charge is 2.21. The fourth-order valence-corrected chi connectivity index (χ4v) is 2.47. The van der Waals surface area contributed by atoms with E-state index < -0.39 is 10.8 Å². The summed E-state index contributed by atoms with van der Waals surface area (Å²) < 4.78 is 0. The Morgan fingerprint density at radius 2 is 2.35 bits per heavy atom. The van der Waals surface area contributed by atoms with Crippen LogP contribution in [0.5, 0.6) is 0 Å². The lowest BCUT2D eigenvalue weighted by Crippen LogP contribution is -2.30. The van der Waals surface area contributed by atoms with Crippen LogP contribution in [-0.4, -0.2) is 30.0 Å². The molecule has 1 aliphatic heterocycles. The SMILES string of the molecule is O=C(NCC[C@H]1CCCN1)c1ccc(Cl)cc1[N+](=O)[O-]. The van der Waals surface area contributed by atoms with E-state index in [-0.39, 0.29) is 16.3 Å². The number of carbonyl (C=O) groups is 1. The highest BCUT2D eigenvalue weighted by molar-refractivity contribution is 6.31. The van der Waals surface area contributed by atoms with Crippen LogP contribution in [0, 0.1) is 10.1 Å². The molecule has 0 unspecified atom stereocenters. The van der Waals surface area contributed by atoms with Gasteiger partial charge in [0.2, 0.25) is 0 Å². The Morgan fingerprint density at radius 3 is 3.00 bits per heavy atom. The molecule has 1 heterocycles. The number of rotatable bonds is 5. The summed E-state index contributed by atoms with van der Waals surface area (Å²) in [4.78, 5) is 22.3. The molecule has 0 bridgehead atoms. The van der Waals surface area contributed by atoms with E-state index >= 15 is 0 Å². The largest absolute Gasteiger partial charge is 0.352 e. The monoisotopic (exact) mass is 297 g/mol. The number of amides is 1. The zero-order valence-electron chi connectivity index (χ0n) is 10.9. The third-order valence-corrected chi connectivity index (χ3v) is 3.58. The van der Waals surface area contributed by atoms with E-state index in [1.807, 2.05) is 0 Å².